The van der Waals surface area contributed by atoms with Crippen LogP contribution < -0.4 is 5.32 Å². The van der Waals surface area contributed by atoms with Crippen molar-refractivity contribution in [3.8, 4) is 11.8 Å². The molecule has 7 nitrogen and oxygen atoms in total. The van der Waals surface area contributed by atoms with Gasteiger partial charge in [0.05, 0.1) is 25.1 Å². The van der Waals surface area contributed by atoms with Crippen molar-refractivity contribution in [2.24, 2.45) is 11.8 Å². The number of carbonyl (C=O) groups is 2. The highest BCUT2D eigenvalue weighted by atomic mass is 35.5. The SMILES string of the molecule is COC(=O)C1CCC(CNC(=O)c2c(C#CC(C)(C)OC)nc(Cl)n2Cc2ccc(C(F)(F)F)cc2)CC1. The number of carbonyl (C=O) groups excluding carboxylic acids is 2. The molecule has 1 saturated carbocycles. The molecule has 206 valence electrons. The molecule has 0 saturated heterocycles. The fourth-order valence-electron chi connectivity index (χ4n) is 4.22. The van der Waals surface area contributed by atoms with Crippen LogP contribution in [0.1, 0.15) is 66.8 Å². The van der Waals surface area contributed by atoms with Crippen LogP contribution in [0.2, 0.25) is 5.28 Å². The van der Waals surface area contributed by atoms with E-state index < -0.39 is 23.2 Å². The van der Waals surface area contributed by atoms with Gasteiger partial charge in [-0.1, -0.05) is 18.1 Å². The first kappa shape index (κ1) is 29.5. The Hall–Kier alpha value is -3.03. The number of amides is 1. The molecule has 0 atom stereocenters. The van der Waals surface area contributed by atoms with Crippen LogP contribution in [0, 0.1) is 23.7 Å². The topological polar surface area (TPSA) is 82.4 Å². The van der Waals surface area contributed by atoms with Crippen LogP contribution in [0.25, 0.3) is 0 Å². The summed E-state index contributed by atoms with van der Waals surface area (Å²) in [7, 11) is 2.88. The first-order valence-electron chi connectivity index (χ1n) is 12.2. The molecule has 0 radical (unpaired) electrons. The van der Waals surface area contributed by atoms with Crippen molar-refractivity contribution < 1.29 is 32.2 Å². The lowest BCUT2D eigenvalue weighted by molar-refractivity contribution is -0.146. The van der Waals surface area contributed by atoms with E-state index in [2.05, 4.69) is 22.1 Å². The van der Waals surface area contributed by atoms with E-state index in [1.807, 2.05) is 0 Å². The Bertz CT molecular complexity index is 1210. The highest BCUT2D eigenvalue weighted by Crippen LogP contribution is 2.30. The maximum atomic E-state index is 13.4. The van der Waals surface area contributed by atoms with Crippen LogP contribution in [-0.4, -0.2) is 47.8 Å². The molecule has 3 rings (SSSR count). The Labute approximate surface area is 225 Å². The van der Waals surface area contributed by atoms with Gasteiger partial charge in [-0.2, -0.15) is 13.2 Å². The zero-order valence-electron chi connectivity index (χ0n) is 21.7. The van der Waals surface area contributed by atoms with E-state index in [0.29, 0.717) is 24.9 Å². The van der Waals surface area contributed by atoms with Gasteiger partial charge in [0, 0.05) is 13.7 Å². The summed E-state index contributed by atoms with van der Waals surface area (Å²) >= 11 is 6.39. The van der Waals surface area contributed by atoms with Crippen molar-refractivity contribution >= 4 is 23.5 Å². The second-order valence-electron chi connectivity index (χ2n) is 9.77. The summed E-state index contributed by atoms with van der Waals surface area (Å²) in [5.41, 5.74) is -0.831. The van der Waals surface area contributed by atoms with Crippen LogP contribution in [-0.2, 0) is 27.0 Å². The third kappa shape index (κ3) is 7.51. The molecule has 1 heterocycles. The summed E-state index contributed by atoms with van der Waals surface area (Å²) in [6.07, 6.45) is -1.55. The average molecular weight is 554 g/mol. The quantitative estimate of drug-likeness (QED) is 0.381. The lowest BCUT2D eigenvalue weighted by Crippen LogP contribution is -2.34. The lowest BCUT2D eigenvalue weighted by atomic mass is 9.82. The molecule has 2 aromatic rings. The Morgan fingerprint density at radius 2 is 1.76 bits per heavy atom. The summed E-state index contributed by atoms with van der Waals surface area (Å²) < 4.78 is 50.5. The molecule has 0 aliphatic heterocycles. The molecule has 1 N–H and O–H groups in total. The number of ether oxygens (including phenoxy) is 2. The van der Waals surface area contributed by atoms with Crippen LogP contribution in [0.5, 0.6) is 0 Å². The largest absolute Gasteiger partial charge is 0.469 e. The van der Waals surface area contributed by atoms with E-state index in [-0.39, 0.29) is 41.0 Å². The van der Waals surface area contributed by atoms with Crippen LogP contribution in [0.4, 0.5) is 13.2 Å². The van der Waals surface area contributed by atoms with Gasteiger partial charge in [-0.3, -0.25) is 9.59 Å². The Morgan fingerprint density at radius 1 is 1.13 bits per heavy atom. The minimum absolute atomic E-state index is 0.0202. The van der Waals surface area contributed by atoms with Crippen LogP contribution in [0.3, 0.4) is 0 Å². The van der Waals surface area contributed by atoms with E-state index in [4.69, 9.17) is 21.1 Å². The molecule has 1 aliphatic carbocycles. The number of imidazole rings is 1. The highest BCUT2D eigenvalue weighted by molar-refractivity contribution is 6.29. The normalized spacial score (nSPS) is 17.9. The molecule has 38 heavy (non-hydrogen) atoms. The van der Waals surface area contributed by atoms with Gasteiger partial charge in [-0.25, -0.2) is 4.98 Å². The number of aromatic nitrogens is 2. The van der Waals surface area contributed by atoms with Crippen molar-refractivity contribution in [2.45, 2.75) is 57.9 Å². The number of nitrogens with zero attached hydrogens (tertiary/aromatic N) is 2. The van der Waals surface area contributed by atoms with Crippen molar-refractivity contribution in [1.82, 2.24) is 14.9 Å². The van der Waals surface area contributed by atoms with Crippen molar-refractivity contribution in [1.29, 1.82) is 0 Å². The molecule has 1 aliphatic rings. The number of rotatable bonds is 7. The van der Waals surface area contributed by atoms with Crippen LogP contribution >= 0.6 is 11.6 Å². The molecule has 1 amide bonds. The summed E-state index contributed by atoms with van der Waals surface area (Å²) in [5.74, 6) is 5.19. The van der Waals surface area contributed by atoms with Crippen molar-refractivity contribution in [2.75, 3.05) is 20.8 Å². The van der Waals surface area contributed by atoms with Crippen molar-refractivity contribution in [3.05, 3.63) is 52.1 Å². The summed E-state index contributed by atoms with van der Waals surface area (Å²) in [5, 5.41) is 2.90. The highest BCUT2D eigenvalue weighted by Gasteiger charge is 2.31. The van der Waals surface area contributed by atoms with Gasteiger partial charge in [0.1, 0.15) is 17.0 Å². The number of hydrogen-bond acceptors (Lipinski definition) is 5. The third-order valence-corrected chi connectivity index (χ3v) is 6.97. The average Bonchev–Trinajstić information content (AvgIpc) is 3.20. The molecule has 0 spiro atoms. The zero-order chi connectivity index (χ0) is 28.1. The van der Waals surface area contributed by atoms with E-state index >= 15 is 0 Å². The standard InChI is InChI=1S/C27H31ClF3N3O4/c1-26(2,38-4)14-13-21-22(23(35)32-15-17-5-9-19(10-6-17)24(36)37-3)34(25(28)33-21)16-18-7-11-20(12-8-18)27(29,30)31/h7-8,11-12,17,19H,5-6,9-10,15-16H2,1-4H3,(H,32,35). The number of nitrogens with one attached hydrogen (secondary N) is 1. The van der Waals surface area contributed by atoms with Gasteiger partial charge in [0.15, 0.2) is 0 Å². The number of esters is 1. The summed E-state index contributed by atoms with van der Waals surface area (Å²) in [4.78, 5) is 29.4. The molecule has 0 unspecified atom stereocenters. The second kappa shape index (κ2) is 12.2. The van der Waals surface area contributed by atoms with Gasteiger partial charge in [0.2, 0.25) is 5.28 Å². The minimum Gasteiger partial charge on any atom is -0.469 e. The first-order chi connectivity index (χ1) is 17.8. The molecular weight excluding hydrogens is 523 g/mol. The molecule has 1 fully saturated rings. The van der Waals surface area contributed by atoms with E-state index in [1.165, 1.54) is 30.9 Å². The maximum absolute atomic E-state index is 13.4. The molecule has 0 bridgehead atoms. The summed E-state index contributed by atoms with van der Waals surface area (Å²) in [6.45, 7) is 3.91. The van der Waals surface area contributed by atoms with Gasteiger partial charge < -0.3 is 19.4 Å². The summed E-state index contributed by atoms with van der Waals surface area (Å²) in [6, 6.07) is 4.62. The minimum atomic E-state index is -4.46. The number of alkyl halides is 3. The number of benzene rings is 1. The van der Waals surface area contributed by atoms with Gasteiger partial charge in [-0.05, 0) is 80.7 Å². The van der Waals surface area contributed by atoms with E-state index in [9.17, 15) is 22.8 Å². The van der Waals surface area contributed by atoms with Crippen LogP contribution in [0.15, 0.2) is 24.3 Å². The Morgan fingerprint density at radius 3 is 2.32 bits per heavy atom. The maximum Gasteiger partial charge on any atom is 0.416 e. The lowest BCUT2D eigenvalue weighted by Gasteiger charge is -2.27. The number of hydrogen-bond donors (Lipinski definition) is 1. The molecule has 1 aromatic heterocycles. The van der Waals surface area contributed by atoms with Gasteiger partial charge in [-0.15, -0.1) is 0 Å². The second-order valence-corrected chi connectivity index (χ2v) is 10.1. The van der Waals surface area contributed by atoms with Gasteiger partial charge >= 0.3 is 12.1 Å². The zero-order valence-corrected chi connectivity index (χ0v) is 22.5. The smallest absolute Gasteiger partial charge is 0.416 e. The Balaban J connectivity index is 1.84. The number of methoxy groups -OCH3 is 2. The molecule has 11 heteroatoms. The van der Waals surface area contributed by atoms with E-state index in [1.54, 1.807) is 13.8 Å². The third-order valence-electron chi connectivity index (χ3n) is 6.68. The predicted octanol–water partition coefficient (Wildman–Crippen LogP) is 5.09. The van der Waals surface area contributed by atoms with Crippen molar-refractivity contribution in [3.63, 3.8) is 0 Å². The van der Waals surface area contributed by atoms with Gasteiger partial charge in [0.25, 0.3) is 5.91 Å². The molecular formula is C27H31ClF3N3O4. The Kier molecular flexibility index (Phi) is 9.49. The van der Waals surface area contributed by atoms with E-state index in [0.717, 1.165) is 25.0 Å². The fourth-order valence-corrected chi connectivity index (χ4v) is 4.45. The number of halogens is 4. The monoisotopic (exact) mass is 553 g/mol. The predicted molar refractivity (Wildman–Crippen MR) is 136 cm³/mol. The fraction of sp³-hybridized carbons (Fsp3) is 0.519. The molecule has 1 aromatic carbocycles. The first-order valence-corrected chi connectivity index (χ1v) is 12.6.